The fraction of sp³-hybridized carbons (Fsp3) is 0.643. The van der Waals surface area contributed by atoms with Crippen molar-refractivity contribution in [2.75, 3.05) is 40.3 Å². The zero-order valence-corrected chi connectivity index (χ0v) is 11.6. The summed E-state index contributed by atoms with van der Waals surface area (Å²) in [5.41, 5.74) is 1.30. The number of hydrogen-bond acceptors (Lipinski definition) is 4. The van der Waals surface area contributed by atoms with Crippen LogP contribution < -0.4 is 5.32 Å². The highest BCUT2D eigenvalue weighted by molar-refractivity contribution is 5.13. The van der Waals surface area contributed by atoms with Gasteiger partial charge in [0.05, 0.1) is 0 Å². The van der Waals surface area contributed by atoms with Gasteiger partial charge in [0.15, 0.2) is 0 Å². The molecule has 0 radical (unpaired) electrons. The van der Waals surface area contributed by atoms with E-state index in [4.69, 9.17) is 0 Å². The normalized spacial score (nSPS) is 24.1. The van der Waals surface area contributed by atoms with Crippen LogP contribution in [0.15, 0.2) is 24.5 Å². The maximum Gasteiger partial charge on any atom is 0.0345 e. The zero-order chi connectivity index (χ0) is 13.0. The first-order valence-corrected chi connectivity index (χ1v) is 6.69. The Morgan fingerprint density at radius 3 is 2.78 bits per heavy atom. The molecule has 0 aliphatic carbocycles. The molecule has 4 nitrogen and oxygen atoms in total. The highest BCUT2D eigenvalue weighted by atomic mass is 15.3. The van der Waals surface area contributed by atoms with E-state index in [0.29, 0.717) is 12.1 Å². The Morgan fingerprint density at radius 2 is 2.06 bits per heavy atom. The van der Waals surface area contributed by atoms with Gasteiger partial charge in [-0.3, -0.25) is 9.88 Å². The van der Waals surface area contributed by atoms with E-state index in [2.05, 4.69) is 53.3 Å². The standard InChI is InChI=1S/C14H24N4/c1-12(13-4-6-15-7-5-13)16-10-14-11-17(2)8-9-18(14)3/h4-7,12,14,16H,8-11H2,1-3H3. The van der Waals surface area contributed by atoms with Crippen LogP contribution in [-0.4, -0.2) is 61.1 Å². The number of nitrogens with one attached hydrogen (secondary N) is 1. The van der Waals surface area contributed by atoms with Crippen molar-refractivity contribution >= 4 is 0 Å². The van der Waals surface area contributed by atoms with E-state index in [1.54, 1.807) is 0 Å². The first-order chi connectivity index (χ1) is 8.66. The SMILES string of the molecule is CC(NCC1CN(C)CCN1C)c1ccncc1. The van der Waals surface area contributed by atoms with Crippen molar-refractivity contribution in [3.8, 4) is 0 Å². The number of piperazine rings is 1. The molecule has 4 heteroatoms. The van der Waals surface area contributed by atoms with E-state index in [0.717, 1.165) is 19.6 Å². The third-order valence-electron chi connectivity index (χ3n) is 3.85. The number of aromatic nitrogens is 1. The molecule has 1 fully saturated rings. The van der Waals surface area contributed by atoms with Crippen LogP contribution in [0, 0.1) is 0 Å². The first kappa shape index (κ1) is 13.5. The van der Waals surface area contributed by atoms with E-state index in [-0.39, 0.29) is 0 Å². The Labute approximate surface area is 110 Å². The van der Waals surface area contributed by atoms with Crippen molar-refractivity contribution in [3.63, 3.8) is 0 Å². The Kier molecular flexibility index (Phi) is 4.69. The van der Waals surface area contributed by atoms with E-state index in [1.165, 1.54) is 12.1 Å². The molecule has 0 bridgehead atoms. The van der Waals surface area contributed by atoms with Crippen LogP contribution in [0.2, 0.25) is 0 Å². The molecular weight excluding hydrogens is 224 g/mol. The summed E-state index contributed by atoms with van der Waals surface area (Å²) in [5, 5.41) is 3.62. The van der Waals surface area contributed by atoms with Gasteiger partial charge in [0.2, 0.25) is 0 Å². The lowest BCUT2D eigenvalue weighted by molar-refractivity contribution is 0.112. The summed E-state index contributed by atoms with van der Waals surface area (Å²) in [5.74, 6) is 0. The average molecular weight is 248 g/mol. The van der Waals surface area contributed by atoms with Crippen molar-refractivity contribution in [1.82, 2.24) is 20.1 Å². The molecule has 1 aromatic heterocycles. The van der Waals surface area contributed by atoms with Gasteiger partial charge in [0, 0.05) is 50.7 Å². The van der Waals surface area contributed by atoms with Gasteiger partial charge in [0.1, 0.15) is 0 Å². The van der Waals surface area contributed by atoms with Gasteiger partial charge in [-0.05, 0) is 38.7 Å². The molecule has 0 spiro atoms. The Bertz CT molecular complexity index is 354. The molecule has 18 heavy (non-hydrogen) atoms. The fourth-order valence-electron chi connectivity index (χ4n) is 2.40. The van der Waals surface area contributed by atoms with Gasteiger partial charge in [0.25, 0.3) is 0 Å². The zero-order valence-electron chi connectivity index (χ0n) is 11.6. The number of pyridine rings is 1. The number of rotatable bonds is 4. The van der Waals surface area contributed by atoms with Crippen molar-refractivity contribution in [2.45, 2.75) is 19.0 Å². The summed E-state index contributed by atoms with van der Waals surface area (Å²) in [4.78, 5) is 8.91. The minimum absolute atomic E-state index is 0.383. The van der Waals surface area contributed by atoms with Crippen LogP contribution in [0.4, 0.5) is 0 Å². The third-order valence-corrected chi connectivity index (χ3v) is 3.85. The van der Waals surface area contributed by atoms with E-state index in [9.17, 15) is 0 Å². The van der Waals surface area contributed by atoms with E-state index < -0.39 is 0 Å². The number of likely N-dealkylation sites (N-methyl/N-ethyl adjacent to an activating group) is 2. The summed E-state index contributed by atoms with van der Waals surface area (Å²) < 4.78 is 0. The van der Waals surface area contributed by atoms with E-state index >= 15 is 0 Å². The molecule has 2 rings (SSSR count). The highest BCUT2D eigenvalue weighted by Gasteiger charge is 2.22. The second kappa shape index (κ2) is 6.27. The van der Waals surface area contributed by atoms with Gasteiger partial charge < -0.3 is 10.2 Å². The van der Waals surface area contributed by atoms with E-state index in [1.807, 2.05) is 12.4 Å². The molecule has 1 aliphatic heterocycles. The fourth-order valence-corrected chi connectivity index (χ4v) is 2.40. The average Bonchev–Trinajstić information content (AvgIpc) is 2.40. The van der Waals surface area contributed by atoms with Gasteiger partial charge in [-0.25, -0.2) is 0 Å². The second-order valence-corrected chi connectivity index (χ2v) is 5.31. The minimum atomic E-state index is 0.383. The minimum Gasteiger partial charge on any atom is -0.309 e. The lowest BCUT2D eigenvalue weighted by Gasteiger charge is -2.38. The van der Waals surface area contributed by atoms with Gasteiger partial charge >= 0.3 is 0 Å². The van der Waals surface area contributed by atoms with Gasteiger partial charge in [-0.2, -0.15) is 0 Å². The molecule has 1 aliphatic rings. The molecule has 0 aromatic carbocycles. The number of nitrogens with zero attached hydrogens (tertiary/aromatic N) is 3. The maximum absolute atomic E-state index is 4.06. The lowest BCUT2D eigenvalue weighted by atomic mass is 10.1. The van der Waals surface area contributed by atoms with Crippen LogP contribution in [0.1, 0.15) is 18.5 Å². The van der Waals surface area contributed by atoms with Crippen molar-refractivity contribution in [1.29, 1.82) is 0 Å². The molecule has 1 N–H and O–H groups in total. The first-order valence-electron chi connectivity index (χ1n) is 6.69. The Morgan fingerprint density at radius 1 is 1.33 bits per heavy atom. The van der Waals surface area contributed by atoms with Crippen molar-refractivity contribution in [3.05, 3.63) is 30.1 Å². The highest BCUT2D eigenvalue weighted by Crippen LogP contribution is 2.11. The molecule has 1 aromatic rings. The monoisotopic (exact) mass is 248 g/mol. The molecular formula is C14H24N4. The summed E-state index contributed by atoms with van der Waals surface area (Å²) in [6, 6.07) is 5.14. The predicted molar refractivity (Wildman–Crippen MR) is 74.6 cm³/mol. The molecule has 100 valence electrons. The summed E-state index contributed by atoms with van der Waals surface area (Å²) in [7, 11) is 4.42. The van der Waals surface area contributed by atoms with Crippen molar-refractivity contribution in [2.24, 2.45) is 0 Å². The summed E-state index contributed by atoms with van der Waals surface area (Å²) >= 11 is 0. The van der Waals surface area contributed by atoms with Crippen LogP contribution >= 0.6 is 0 Å². The smallest absolute Gasteiger partial charge is 0.0345 e. The van der Waals surface area contributed by atoms with Gasteiger partial charge in [-0.1, -0.05) is 0 Å². The largest absolute Gasteiger partial charge is 0.309 e. The topological polar surface area (TPSA) is 31.4 Å². The molecule has 0 saturated carbocycles. The molecule has 2 heterocycles. The molecule has 0 amide bonds. The van der Waals surface area contributed by atoms with Crippen LogP contribution in [0.3, 0.4) is 0 Å². The van der Waals surface area contributed by atoms with Crippen LogP contribution in [-0.2, 0) is 0 Å². The molecule has 2 unspecified atom stereocenters. The van der Waals surface area contributed by atoms with Crippen LogP contribution in [0.5, 0.6) is 0 Å². The van der Waals surface area contributed by atoms with Gasteiger partial charge in [-0.15, -0.1) is 0 Å². The van der Waals surface area contributed by atoms with Crippen molar-refractivity contribution < 1.29 is 0 Å². The summed E-state index contributed by atoms with van der Waals surface area (Å²) in [6.07, 6.45) is 3.71. The summed E-state index contributed by atoms with van der Waals surface area (Å²) in [6.45, 7) is 6.72. The Balaban J connectivity index is 1.83. The lowest BCUT2D eigenvalue weighted by Crippen LogP contribution is -2.53. The number of hydrogen-bond donors (Lipinski definition) is 1. The third kappa shape index (κ3) is 3.51. The Hall–Kier alpha value is -0.970. The quantitative estimate of drug-likeness (QED) is 0.860. The maximum atomic E-state index is 4.06. The van der Waals surface area contributed by atoms with Crippen LogP contribution in [0.25, 0.3) is 0 Å². The second-order valence-electron chi connectivity index (χ2n) is 5.31. The predicted octanol–water partition coefficient (Wildman–Crippen LogP) is 0.978. The molecule has 2 atom stereocenters. The molecule has 1 saturated heterocycles.